The van der Waals surface area contributed by atoms with Crippen molar-refractivity contribution < 1.29 is 4.79 Å². The zero-order valence-electron chi connectivity index (χ0n) is 11.8. The molecule has 0 radical (unpaired) electrons. The Bertz CT molecular complexity index is 479. The molecule has 108 valence electrons. The van der Waals surface area contributed by atoms with Crippen molar-refractivity contribution in [2.45, 2.75) is 31.7 Å². The van der Waals surface area contributed by atoms with E-state index in [1.54, 1.807) is 11.3 Å². The monoisotopic (exact) mass is 290 g/mol. The normalized spacial score (nSPS) is 33.8. The zero-order chi connectivity index (χ0) is 13.5. The lowest BCUT2D eigenvalue weighted by Gasteiger charge is -2.40. The minimum atomic E-state index is 0.229. The Hall–Kier alpha value is -0.870. The summed E-state index contributed by atoms with van der Waals surface area (Å²) in [6.07, 6.45) is 5.81. The first-order valence-corrected chi connectivity index (χ1v) is 8.76. The van der Waals surface area contributed by atoms with Gasteiger partial charge in [0.2, 0.25) is 0 Å². The van der Waals surface area contributed by atoms with Crippen molar-refractivity contribution in [3.8, 4) is 0 Å². The number of piperazine rings is 1. The molecule has 3 fully saturated rings. The van der Waals surface area contributed by atoms with Crippen LogP contribution in [0.1, 0.15) is 35.4 Å². The Morgan fingerprint density at radius 1 is 1.15 bits per heavy atom. The molecule has 2 saturated carbocycles. The average Bonchev–Trinajstić information content (AvgIpc) is 3.23. The minimum Gasteiger partial charge on any atom is -0.335 e. The van der Waals surface area contributed by atoms with Gasteiger partial charge in [-0.2, -0.15) is 0 Å². The third-order valence-electron chi connectivity index (χ3n) is 5.50. The first-order chi connectivity index (χ1) is 9.81. The molecule has 20 heavy (non-hydrogen) atoms. The predicted molar refractivity (Wildman–Crippen MR) is 81.0 cm³/mol. The molecule has 3 atom stereocenters. The van der Waals surface area contributed by atoms with E-state index < -0.39 is 0 Å². The minimum absolute atomic E-state index is 0.229. The summed E-state index contributed by atoms with van der Waals surface area (Å²) in [4.78, 5) is 17.9. The molecule has 4 rings (SSSR count). The van der Waals surface area contributed by atoms with Gasteiger partial charge in [0, 0.05) is 32.2 Å². The average molecular weight is 290 g/mol. The lowest BCUT2D eigenvalue weighted by atomic mass is 9.93. The fourth-order valence-electron chi connectivity index (χ4n) is 4.47. The molecule has 2 bridgehead atoms. The quantitative estimate of drug-likeness (QED) is 0.836. The number of amides is 1. The maximum atomic E-state index is 12.3. The van der Waals surface area contributed by atoms with Gasteiger partial charge in [0.15, 0.2) is 0 Å². The van der Waals surface area contributed by atoms with Crippen LogP contribution in [-0.4, -0.2) is 47.9 Å². The smallest absolute Gasteiger partial charge is 0.264 e. The Balaban J connectivity index is 1.35. The summed E-state index contributed by atoms with van der Waals surface area (Å²) < 4.78 is 0. The molecule has 3 nitrogen and oxygen atoms in total. The number of carbonyl (C=O) groups is 1. The summed E-state index contributed by atoms with van der Waals surface area (Å²) in [6.45, 7) is 3.96. The molecule has 3 aliphatic rings. The lowest BCUT2D eigenvalue weighted by molar-refractivity contribution is 0.0499. The van der Waals surface area contributed by atoms with Crippen LogP contribution in [0.2, 0.25) is 0 Å². The summed E-state index contributed by atoms with van der Waals surface area (Å²) in [7, 11) is 0. The number of rotatable bonds is 2. The summed E-state index contributed by atoms with van der Waals surface area (Å²) in [5.74, 6) is 2.20. The Labute approximate surface area is 124 Å². The van der Waals surface area contributed by atoms with Gasteiger partial charge in [-0.1, -0.05) is 12.5 Å². The van der Waals surface area contributed by atoms with Gasteiger partial charge in [-0.25, -0.2) is 0 Å². The van der Waals surface area contributed by atoms with Gasteiger partial charge in [-0.05, 0) is 42.5 Å². The van der Waals surface area contributed by atoms with Crippen molar-refractivity contribution in [2.75, 3.05) is 26.2 Å². The van der Waals surface area contributed by atoms with Crippen molar-refractivity contribution in [2.24, 2.45) is 11.8 Å². The fraction of sp³-hybridized carbons (Fsp3) is 0.688. The molecular formula is C16H22N2OS. The van der Waals surface area contributed by atoms with Gasteiger partial charge in [0.05, 0.1) is 4.88 Å². The number of hydrogen-bond donors (Lipinski definition) is 0. The van der Waals surface area contributed by atoms with Crippen LogP contribution in [0.3, 0.4) is 0 Å². The molecule has 1 saturated heterocycles. The highest BCUT2D eigenvalue weighted by Crippen LogP contribution is 2.46. The van der Waals surface area contributed by atoms with Crippen molar-refractivity contribution in [1.82, 2.24) is 9.80 Å². The third-order valence-corrected chi connectivity index (χ3v) is 6.36. The van der Waals surface area contributed by atoms with Crippen molar-refractivity contribution in [1.29, 1.82) is 0 Å². The maximum Gasteiger partial charge on any atom is 0.264 e. The summed E-state index contributed by atoms with van der Waals surface area (Å²) >= 11 is 1.56. The molecule has 1 amide bonds. The van der Waals surface area contributed by atoms with Crippen LogP contribution in [0, 0.1) is 11.8 Å². The number of hydrogen-bond acceptors (Lipinski definition) is 3. The van der Waals surface area contributed by atoms with Gasteiger partial charge in [-0.15, -0.1) is 11.3 Å². The van der Waals surface area contributed by atoms with Gasteiger partial charge >= 0.3 is 0 Å². The Morgan fingerprint density at radius 2 is 2.00 bits per heavy atom. The van der Waals surface area contributed by atoms with Gasteiger partial charge in [0.25, 0.3) is 5.91 Å². The number of thiophene rings is 1. The Morgan fingerprint density at radius 3 is 2.60 bits per heavy atom. The second-order valence-electron chi connectivity index (χ2n) is 6.55. The van der Waals surface area contributed by atoms with E-state index in [-0.39, 0.29) is 5.91 Å². The van der Waals surface area contributed by atoms with Crippen molar-refractivity contribution in [3.05, 3.63) is 22.4 Å². The molecule has 1 aromatic heterocycles. The molecule has 0 spiro atoms. The lowest BCUT2D eigenvalue weighted by Crippen LogP contribution is -2.53. The van der Waals surface area contributed by atoms with E-state index in [9.17, 15) is 4.79 Å². The first kappa shape index (κ1) is 12.8. The predicted octanol–water partition coefficient (Wildman–Crippen LogP) is 2.69. The van der Waals surface area contributed by atoms with Crippen LogP contribution < -0.4 is 0 Å². The van der Waals surface area contributed by atoms with E-state index in [1.165, 1.54) is 25.7 Å². The molecule has 2 aliphatic carbocycles. The van der Waals surface area contributed by atoms with Gasteiger partial charge in [0.1, 0.15) is 0 Å². The molecule has 4 heteroatoms. The largest absolute Gasteiger partial charge is 0.335 e. The van der Waals surface area contributed by atoms with Crippen LogP contribution in [0.5, 0.6) is 0 Å². The van der Waals surface area contributed by atoms with E-state index in [4.69, 9.17) is 0 Å². The highest BCUT2D eigenvalue weighted by Gasteiger charge is 2.42. The summed E-state index contributed by atoms with van der Waals surface area (Å²) in [6, 6.07) is 4.73. The maximum absolute atomic E-state index is 12.3. The molecule has 0 aromatic carbocycles. The topological polar surface area (TPSA) is 23.6 Å². The van der Waals surface area contributed by atoms with E-state index in [0.29, 0.717) is 0 Å². The molecule has 2 heterocycles. The Kier molecular flexibility index (Phi) is 3.31. The van der Waals surface area contributed by atoms with Gasteiger partial charge in [-0.3, -0.25) is 9.69 Å². The standard InChI is InChI=1S/C16H22N2OS/c19-16(15-2-1-9-20-15)18-7-5-17(6-8-18)14-11-12-3-4-13(14)10-12/h1-2,9,12-14H,3-8,10-11H2/t12-,13-,14+/m1/s1. The highest BCUT2D eigenvalue weighted by atomic mass is 32.1. The number of fused-ring (bicyclic) bond motifs is 2. The molecule has 1 aliphatic heterocycles. The first-order valence-electron chi connectivity index (χ1n) is 7.88. The van der Waals surface area contributed by atoms with Gasteiger partial charge < -0.3 is 4.90 Å². The zero-order valence-corrected chi connectivity index (χ0v) is 12.6. The second kappa shape index (κ2) is 5.15. The van der Waals surface area contributed by atoms with Crippen LogP contribution >= 0.6 is 11.3 Å². The second-order valence-corrected chi connectivity index (χ2v) is 7.50. The number of nitrogens with zero attached hydrogens (tertiary/aromatic N) is 2. The highest BCUT2D eigenvalue weighted by molar-refractivity contribution is 7.12. The van der Waals surface area contributed by atoms with E-state index in [1.807, 2.05) is 22.4 Å². The molecule has 1 aromatic rings. The fourth-order valence-corrected chi connectivity index (χ4v) is 5.16. The van der Waals surface area contributed by atoms with Crippen LogP contribution in [0.25, 0.3) is 0 Å². The SMILES string of the molecule is O=C(c1cccs1)N1CCN([C@H]2C[C@@H]3CC[C@@H]2C3)CC1. The third kappa shape index (κ3) is 2.19. The summed E-state index contributed by atoms with van der Waals surface area (Å²) in [5.41, 5.74) is 0. The van der Waals surface area contributed by atoms with E-state index >= 15 is 0 Å². The van der Waals surface area contributed by atoms with Crippen molar-refractivity contribution in [3.63, 3.8) is 0 Å². The molecule has 0 unspecified atom stereocenters. The molecule has 0 N–H and O–H groups in total. The van der Waals surface area contributed by atoms with Crippen LogP contribution in [0.4, 0.5) is 0 Å². The van der Waals surface area contributed by atoms with E-state index in [2.05, 4.69) is 4.90 Å². The van der Waals surface area contributed by atoms with E-state index in [0.717, 1.165) is 48.9 Å². The molecular weight excluding hydrogens is 268 g/mol. The van der Waals surface area contributed by atoms with Crippen LogP contribution in [-0.2, 0) is 0 Å². The van der Waals surface area contributed by atoms with Crippen LogP contribution in [0.15, 0.2) is 17.5 Å². The number of carbonyl (C=O) groups excluding carboxylic acids is 1. The summed E-state index contributed by atoms with van der Waals surface area (Å²) in [5, 5.41) is 1.98. The van der Waals surface area contributed by atoms with Crippen molar-refractivity contribution >= 4 is 17.2 Å².